The third kappa shape index (κ3) is 2.91. The zero-order valence-corrected chi connectivity index (χ0v) is 12.2. The third-order valence-corrected chi connectivity index (χ3v) is 4.15. The molecule has 1 atom stereocenters. The fourth-order valence-electron chi connectivity index (χ4n) is 2.91. The smallest absolute Gasteiger partial charge is 0.231 e. The average molecular weight is 276 g/mol. The van der Waals surface area contributed by atoms with Crippen molar-refractivity contribution in [2.75, 3.05) is 26.4 Å². The van der Waals surface area contributed by atoms with Gasteiger partial charge < -0.3 is 15.2 Å². The first-order valence-corrected chi connectivity index (χ1v) is 7.65. The second-order valence-electron chi connectivity index (χ2n) is 5.80. The number of ether oxygens (including phenoxy) is 2. The molecule has 3 rings (SSSR count). The van der Waals surface area contributed by atoms with Gasteiger partial charge in [0.05, 0.1) is 0 Å². The molecule has 2 aliphatic rings. The van der Waals surface area contributed by atoms with Crippen LogP contribution in [0.4, 0.5) is 0 Å². The molecule has 1 saturated carbocycles. The molecule has 1 aliphatic heterocycles. The third-order valence-electron chi connectivity index (χ3n) is 4.15. The van der Waals surface area contributed by atoms with Crippen LogP contribution in [0.3, 0.4) is 0 Å². The molecule has 1 heterocycles. The van der Waals surface area contributed by atoms with Gasteiger partial charge in [-0.25, -0.2) is 0 Å². The fourth-order valence-corrected chi connectivity index (χ4v) is 2.91. The number of nitrogens with zero attached hydrogens (tertiary/aromatic N) is 1. The van der Waals surface area contributed by atoms with E-state index in [1.165, 1.54) is 24.9 Å². The minimum atomic E-state index is 0.282. The molecule has 1 aromatic rings. The first-order chi connectivity index (χ1) is 9.81. The summed E-state index contributed by atoms with van der Waals surface area (Å²) < 4.78 is 10.9. The van der Waals surface area contributed by atoms with Crippen molar-refractivity contribution in [2.45, 2.75) is 32.2 Å². The van der Waals surface area contributed by atoms with Crippen molar-refractivity contribution in [3.8, 4) is 11.5 Å². The molecule has 20 heavy (non-hydrogen) atoms. The molecule has 0 radical (unpaired) electrons. The van der Waals surface area contributed by atoms with Crippen LogP contribution in [0.5, 0.6) is 11.5 Å². The summed E-state index contributed by atoms with van der Waals surface area (Å²) in [5, 5.41) is 0. The number of benzene rings is 1. The molecule has 1 aromatic carbocycles. The molecule has 0 amide bonds. The van der Waals surface area contributed by atoms with Crippen LogP contribution in [0.2, 0.25) is 0 Å². The molecule has 0 saturated heterocycles. The van der Waals surface area contributed by atoms with E-state index in [0.717, 1.165) is 30.4 Å². The van der Waals surface area contributed by atoms with Gasteiger partial charge >= 0.3 is 0 Å². The quantitative estimate of drug-likeness (QED) is 0.831. The summed E-state index contributed by atoms with van der Waals surface area (Å²) in [5.74, 6) is 2.57. The highest BCUT2D eigenvalue weighted by molar-refractivity contribution is 5.45. The van der Waals surface area contributed by atoms with Crippen molar-refractivity contribution in [3.05, 3.63) is 23.8 Å². The lowest BCUT2D eigenvalue weighted by molar-refractivity contribution is 0.173. The van der Waals surface area contributed by atoms with E-state index in [1.807, 2.05) is 6.07 Å². The Hall–Kier alpha value is -1.26. The molecular weight excluding hydrogens is 252 g/mol. The molecule has 1 aliphatic carbocycles. The Morgan fingerprint density at radius 2 is 2.10 bits per heavy atom. The van der Waals surface area contributed by atoms with E-state index in [0.29, 0.717) is 13.3 Å². The van der Waals surface area contributed by atoms with E-state index in [1.54, 1.807) is 0 Å². The standard InChI is InChI=1S/C16H24N2O2/c1-2-7-18(10-12-3-4-12)14(9-17)13-5-6-15-16(8-13)20-11-19-15/h5-6,8,12,14H,2-4,7,9-11,17H2,1H3. The van der Waals surface area contributed by atoms with Crippen LogP contribution in [0.25, 0.3) is 0 Å². The molecular formula is C16H24N2O2. The Kier molecular flexibility index (Phi) is 4.13. The van der Waals surface area contributed by atoms with Gasteiger partial charge in [0.25, 0.3) is 0 Å². The Morgan fingerprint density at radius 3 is 2.80 bits per heavy atom. The Bertz CT molecular complexity index is 460. The minimum absolute atomic E-state index is 0.282. The van der Waals surface area contributed by atoms with Crippen molar-refractivity contribution in [2.24, 2.45) is 11.7 Å². The second kappa shape index (κ2) is 6.02. The van der Waals surface area contributed by atoms with Gasteiger partial charge in [0.15, 0.2) is 11.5 Å². The zero-order chi connectivity index (χ0) is 13.9. The van der Waals surface area contributed by atoms with Gasteiger partial charge in [-0.3, -0.25) is 4.90 Å². The first-order valence-electron chi connectivity index (χ1n) is 7.65. The average Bonchev–Trinajstić information content (AvgIpc) is 3.15. The van der Waals surface area contributed by atoms with Gasteiger partial charge in [-0.2, -0.15) is 0 Å². The lowest BCUT2D eigenvalue weighted by atomic mass is 10.0. The summed E-state index contributed by atoms with van der Waals surface area (Å²) in [7, 11) is 0. The summed E-state index contributed by atoms with van der Waals surface area (Å²) in [6.45, 7) is 5.48. The highest BCUT2D eigenvalue weighted by atomic mass is 16.7. The Labute approximate surface area is 120 Å². The predicted octanol–water partition coefficient (Wildman–Crippen LogP) is 2.54. The predicted molar refractivity (Wildman–Crippen MR) is 78.9 cm³/mol. The van der Waals surface area contributed by atoms with Crippen LogP contribution < -0.4 is 15.2 Å². The molecule has 0 bridgehead atoms. The van der Waals surface area contributed by atoms with Crippen molar-refractivity contribution < 1.29 is 9.47 Å². The van der Waals surface area contributed by atoms with E-state index in [-0.39, 0.29) is 6.04 Å². The summed E-state index contributed by atoms with van der Waals surface area (Å²) >= 11 is 0. The lowest BCUT2D eigenvalue weighted by Crippen LogP contribution is -2.35. The van der Waals surface area contributed by atoms with Gasteiger partial charge in [0.2, 0.25) is 6.79 Å². The van der Waals surface area contributed by atoms with Crippen LogP contribution in [0.15, 0.2) is 18.2 Å². The highest BCUT2D eigenvalue weighted by Gasteiger charge is 2.28. The molecule has 1 fully saturated rings. The molecule has 4 heteroatoms. The zero-order valence-electron chi connectivity index (χ0n) is 12.2. The number of fused-ring (bicyclic) bond motifs is 1. The summed E-state index contributed by atoms with van der Waals surface area (Å²) in [6, 6.07) is 6.50. The minimum Gasteiger partial charge on any atom is -0.454 e. The van der Waals surface area contributed by atoms with Crippen molar-refractivity contribution in [3.63, 3.8) is 0 Å². The molecule has 110 valence electrons. The number of nitrogens with two attached hydrogens (primary N) is 1. The fraction of sp³-hybridized carbons (Fsp3) is 0.625. The number of hydrogen-bond donors (Lipinski definition) is 1. The van der Waals surface area contributed by atoms with Crippen molar-refractivity contribution in [1.82, 2.24) is 4.90 Å². The van der Waals surface area contributed by atoms with E-state index in [9.17, 15) is 0 Å². The van der Waals surface area contributed by atoms with Gasteiger partial charge in [-0.05, 0) is 49.4 Å². The molecule has 2 N–H and O–H groups in total. The monoisotopic (exact) mass is 276 g/mol. The van der Waals surface area contributed by atoms with Crippen LogP contribution >= 0.6 is 0 Å². The van der Waals surface area contributed by atoms with Crippen LogP contribution in [0.1, 0.15) is 37.8 Å². The van der Waals surface area contributed by atoms with Gasteiger partial charge in [0, 0.05) is 19.1 Å². The molecule has 1 unspecified atom stereocenters. The Balaban J connectivity index is 1.79. The maximum atomic E-state index is 6.06. The van der Waals surface area contributed by atoms with E-state index >= 15 is 0 Å². The summed E-state index contributed by atoms with van der Waals surface area (Å²) in [5.41, 5.74) is 7.31. The first kappa shape index (κ1) is 13.7. The lowest BCUT2D eigenvalue weighted by Gasteiger charge is -2.31. The van der Waals surface area contributed by atoms with Gasteiger partial charge in [-0.1, -0.05) is 13.0 Å². The maximum absolute atomic E-state index is 6.06. The largest absolute Gasteiger partial charge is 0.454 e. The highest BCUT2D eigenvalue weighted by Crippen LogP contribution is 2.37. The van der Waals surface area contributed by atoms with E-state index < -0.39 is 0 Å². The summed E-state index contributed by atoms with van der Waals surface area (Å²) in [6.07, 6.45) is 3.91. The van der Waals surface area contributed by atoms with Crippen LogP contribution in [-0.4, -0.2) is 31.3 Å². The molecule has 4 nitrogen and oxygen atoms in total. The van der Waals surface area contributed by atoms with E-state index in [2.05, 4.69) is 24.0 Å². The second-order valence-corrected chi connectivity index (χ2v) is 5.80. The van der Waals surface area contributed by atoms with Gasteiger partial charge in [-0.15, -0.1) is 0 Å². The SMILES string of the molecule is CCCN(CC1CC1)C(CN)c1ccc2c(c1)OCO2. The van der Waals surface area contributed by atoms with Crippen molar-refractivity contribution >= 4 is 0 Å². The number of rotatable bonds is 7. The van der Waals surface area contributed by atoms with Crippen LogP contribution in [-0.2, 0) is 0 Å². The van der Waals surface area contributed by atoms with Crippen molar-refractivity contribution in [1.29, 1.82) is 0 Å². The van der Waals surface area contributed by atoms with E-state index in [4.69, 9.17) is 15.2 Å². The maximum Gasteiger partial charge on any atom is 0.231 e. The van der Waals surface area contributed by atoms with Crippen LogP contribution in [0, 0.1) is 5.92 Å². The molecule has 0 spiro atoms. The Morgan fingerprint density at radius 1 is 1.30 bits per heavy atom. The summed E-state index contributed by atoms with van der Waals surface area (Å²) in [4.78, 5) is 2.54. The number of hydrogen-bond acceptors (Lipinski definition) is 4. The molecule has 0 aromatic heterocycles. The normalized spacial score (nSPS) is 18.6. The van der Waals surface area contributed by atoms with Gasteiger partial charge in [0.1, 0.15) is 0 Å². The topological polar surface area (TPSA) is 47.7 Å².